The predicted molar refractivity (Wildman–Crippen MR) is 89.7 cm³/mol. The van der Waals surface area contributed by atoms with Crippen LogP contribution in [-0.2, 0) is 9.53 Å². The van der Waals surface area contributed by atoms with Crippen molar-refractivity contribution >= 4 is 14.0 Å². The second-order valence-electron chi connectivity index (χ2n) is 6.96. The van der Waals surface area contributed by atoms with Gasteiger partial charge in [-0.2, -0.15) is 0 Å². The largest absolute Gasteiger partial charge is 0.479 e. The summed E-state index contributed by atoms with van der Waals surface area (Å²) in [4.78, 5) is 11.9. The van der Waals surface area contributed by atoms with Gasteiger partial charge in [-0.05, 0) is 36.6 Å². The summed E-state index contributed by atoms with van der Waals surface area (Å²) in [5, 5.41) is 0. The standard InChI is InChI=1S/C17H28O3Si/c1-13(2)15-7-9-16(10-8-15)20-14(3)17(18)19-11-12-21(4,5)6/h7-10,13-14H,11-12H2,1-6H3. The monoisotopic (exact) mass is 308 g/mol. The van der Waals surface area contributed by atoms with Gasteiger partial charge in [-0.1, -0.05) is 45.6 Å². The average molecular weight is 308 g/mol. The van der Waals surface area contributed by atoms with Crippen LogP contribution in [0.4, 0.5) is 0 Å². The smallest absolute Gasteiger partial charge is 0.347 e. The maximum absolute atomic E-state index is 11.9. The maximum atomic E-state index is 11.9. The fourth-order valence-electron chi connectivity index (χ4n) is 1.76. The van der Waals surface area contributed by atoms with Crippen molar-refractivity contribution in [2.45, 2.75) is 58.5 Å². The molecule has 4 heteroatoms. The Morgan fingerprint density at radius 3 is 2.14 bits per heavy atom. The molecule has 0 bridgehead atoms. The third kappa shape index (κ3) is 6.80. The van der Waals surface area contributed by atoms with Crippen LogP contribution in [0.3, 0.4) is 0 Å². The van der Waals surface area contributed by atoms with Gasteiger partial charge in [-0.3, -0.25) is 0 Å². The van der Waals surface area contributed by atoms with E-state index < -0.39 is 14.2 Å². The molecular formula is C17H28O3Si. The average Bonchev–Trinajstić information content (AvgIpc) is 2.37. The van der Waals surface area contributed by atoms with Crippen molar-refractivity contribution in [2.75, 3.05) is 6.61 Å². The van der Waals surface area contributed by atoms with Crippen molar-refractivity contribution in [1.29, 1.82) is 0 Å². The fourth-order valence-corrected chi connectivity index (χ4v) is 2.47. The molecule has 0 saturated heterocycles. The van der Waals surface area contributed by atoms with Crippen LogP contribution in [0.2, 0.25) is 25.7 Å². The predicted octanol–water partition coefficient (Wildman–Crippen LogP) is 4.46. The SMILES string of the molecule is CC(Oc1ccc(C(C)C)cc1)C(=O)OCC[Si](C)(C)C. The highest BCUT2D eigenvalue weighted by Gasteiger charge is 2.18. The zero-order chi connectivity index (χ0) is 16.0. The highest BCUT2D eigenvalue weighted by molar-refractivity contribution is 6.76. The molecule has 1 atom stereocenters. The molecule has 0 amide bonds. The van der Waals surface area contributed by atoms with Crippen LogP contribution < -0.4 is 4.74 Å². The minimum Gasteiger partial charge on any atom is -0.479 e. The van der Waals surface area contributed by atoms with Crippen LogP contribution in [0.5, 0.6) is 5.75 Å². The molecule has 0 N–H and O–H groups in total. The molecule has 21 heavy (non-hydrogen) atoms. The third-order valence-electron chi connectivity index (χ3n) is 3.29. The molecule has 1 aromatic rings. The molecule has 0 heterocycles. The lowest BCUT2D eigenvalue weighted by molar-refractivity contribution is -0.150. The summed E-state index contributed by atoms with van der Waals surface area (Å²) in [7, 11) is -1.17. The number of hydrogen-bond acceptors (Lipinski definition) is 3. The molecule has 1 aromatic carbocycles. The summed E-state index contributed by atoms with van der Waals surface area (Å²) < 4.78 is 10.9. The molecule has 0 saturated carbocycles. The highest BCUT2D eigenvalue weighted by atomic mass is 28.3. The molecule has 1 rings (SSSR count). The van der Waals surface area contributed by atoms with Gasteiger partial charge in [-0.25, -0.2) is 4.79 Å². The number of carbonyl (C=O) groups excluding carboxylic acids is 1. The number of ether oxygens (including phenoxy) is 2. The second kappa shape index (κ2) is 7.64. The Balaban J connectivity index is 2.44. The molecule has 0 aromatic heterocycles. The third-order valence-corrected chi connectivity index (χ3v) is 4.99. The van der Waals surface area contributed by atoms with Gasteiger partial charge in [0.05, 0.1) is 6.61 Å². The van der Waals surface area contributed by atoms with Gasteiger partial charge in [0.1, 0.15) is 5.75 Å². The van der Waals surface area contributed by atoms with Gasteiger partial charge in [0.25, 0.3) is 0 Å². The Morgan fingerprint density at radius 1 is 1.10 bits per heavy atom. The molecule has 0 aliphatic rings. The van der Waals surface area contributed by atoms with Crippen LogP contribution in [0.25, 0.3) is 0 Å². The molecule has 0 fully saturated rings. The zero-order valence-electron chi connectivity index (χ0n) is 14.1. The Morgan fingerprint density at radius 2 is 1.67 bits per heavy atom. The maximum Gasteiger partial charge on any atom is 0.347 e. The number of esters is 1. The summed E-state index contributed by atoms with van der Waals surface area (Å²) in [6.07, 6.45) is -0.573. The molecule has 3 nitrogen and oxygen atoms in total. The Hall–Kier alpha value is -1.29. The Bertz CT molecular complexity index is 446. The van der Waals surface area contributed by atoms with Crippen molar-refractivity contribution in [3.8, 4) is 5.75 Å². The first-order valence-electron chi connectivity index (χ1n) is 7.62. The van der Waals surface area contributed by atoms with Gasteiger partial charge in [0.2, 0.25) is 0 Å². The van der Waals surface area contributed by atoms with E-state index in [2.05, 4.69) is 33.5 Å². The molecule has 0 aliphatic heterocycles. The van der Waals surface area contributed by atoms with Gasteiger partial charge in [0.15, 0.2) is 6.10 Å². The van der Waals surface area contributed by atoms with E-state index in [1.54, 1.807) is 6.92 Å². The van der Waals surface area contributed by atoms with E-state index in [9.17, 15) is 4.79 Å². The Kier molecular flexibility index (Phi) is 6.46. The summed E-state index contributed by atoms with van der Waals surface area (Å²) in [5.74, 6) is 0.901. The van der Waals surface area contributed by atoms with Crippen LogP contribution in [0.1, 0.15) is 32.3 Å². The van der Waals surface area contributed by atoms with E-state index in [4.69, 9.17) is 9.47 Å². The number of rotatable bonds is 7. The van der Waals surface area contributed by atoms with Crippen LogP contribution >= 0.6 is 0 Å². The van der Waals surface area contributed by atoms with E-state index in [0.717, 1.165) is 6.04 Å². The lowest BCUT2D eigenvalue weighted by Crippen LogP contribution is -2.29. The molecule has 0 aliphatic carbocycles. The molecule has 118 valence electrons. The van der Waals surface area contributed by atoms with Crippen LogP contribution in [0.15, 0.2) is 24.3 Å². The number of benzene rings is 1. The van der Waals surface area contributed by atoms with Crippen molar-refractivity contribution in [1.82, 2.24) is 0 Å². The van der Waals surface area contributed by atoms with E-state index in [1.165, 1.54) is 5.56 Å². The topological polar surface area (TPSA) is 35.5 Å². The molecule has 0 radical (unpaired) electrons. The molecule has 1 unspecified atom stereocenters. The van der Waals surface area contributed by atoms with E-state index in [1.807, 2.05) is 24.3 Å². The number of carbonyl (C=O) groups is 1. The summed E-state index contributed by atoms with van der Waals surface area (Å²) >= 11 is 0. The second-order valence-corrected chi connectivity index (χ2v) is 12.6. The summed E-state index contributed by atoms with van der Waals surface area (Å²) in [6, 6.07) is 8.85. The Labute approximate surface area is 129 Å². The van der Waals surface area contributed by atoms with Gasteiger partial charge in [0, 0.05) is 8.07 Å². The van der Waals surface area contributed by atoms with E-state index in [-0.39, 0.29) is 5.97 Å². The zero-order valence-corrected chi connectivity index (χ0v) is 15.1. The fraction of sp³-hybridized carbons (Fsp3) is 0.588. The molecular weight excluding hydrogens is 280 g/mol. The van der Waals surface area contributed by atoms with E-state index >= 15 is 0 Å². The minimum absolute atomic E-state index is 0.291. The normalized spacial score (nSPS) is 13.1. The highest BCUT2D eigenvalue weighted by Crippen LogP contribution is 2.19. The first kappa shape index (κ1) is 17.8. The lowest BCUT2D eigenvalue weighted by atomic mass is 10.0. The van der Waals surface area contributed by atoms with Crippen molar-refractivity contribution in [2.24, 2.45) is 0 Å². The molecule has 0 spiro atoms. The van der Waals surface area contributed by atoms with Crippen molar-refractivity contribution in [3.05, 3.63) is 29.8 Å². The van der Waals surface area contributed by atoms with Crippen LogP contribution in [0, 0.1) is 0 Å². The quantitative estimate of drug-likeness (QED) is 0.551. The van der Waals surface area contributed by atoms with Crippen molar-refractivity contribution in [3.63, 3.8) is 0 Å². The summed E-state index contributed by atoms with van der Waals surface area (Å²) in [5.41, 5.74) is 1.26. The summed E-state index contributed by atoms with van der Waals surface area (Å²) in [6.45, 7) is 13.3. The van der Waals surface area contributed by atoms with Crippen LogP contribution in [-0.4, -0.2) is 26.8 Å². The van der Waals surface area contributed by atoms with Crippen molar-refractivity contribution < 1.29 is 14.3 Å². The lowest BCUT2D eigenvalue weighted by Gasteiger charge is -2.18. The van der Waals surface area contributed by atoms with Gasteiger partial charge >= 0.3 is 5.97 Å². The van der Waals surface area contributed by atoms with Gasteiger partial charge in [-0.15, -0.1) is 0 Å². The van der Waals surface area contributed by atoms with Gasteiger partial charge < -0.3 is 9.47 Å². The minimum atomic E-state index is -1.17. The first-order chi connectivity index (χ1) is 9.69. The first-order valence-corrected chi connectivity index (χ1v) is 11.3. The van der Waals surface area contributed by atoms with E-state index in [0.29, 0.717) is 18.3 Å². The number of hydrogen-bond donors (Lipinski definition) is 0.